The molecule has 4 aliphatic carbocycles. The van der Waals surface area contributed by atoms with Gasteiger partial charge in [-0.3, -0.25) is 0 Å². The predicted molar refractivity (Wildman–Crippen MR) is 108 cm³/mol. The molecule has 0 bridgehead atoms. The first kappa shape index (κ1) is 18.3. The maximum absolute atomic E-state index is 8.48. The second kappa shape index (κ2) is 7.17. The maximum atomic E-state index is 8.48. The summed E-state index contributed by atoms with van der Waals surface area (Å²) in [7, 11) is 0. The Hall–Kier alpha value is -1.05. The number of oxime groups is 1. The average molecular weight is 356 g/mol. The van der Waals surface area contributed by atoms with E-state index in [-0.39, 0.29) is 0 Å². The number of hydrogen-bond acceptors (Lipinski definition) is 2. The van der Waals surface area contributed by atoms with Crippen LogP contribution in [-0.4, -0.2) is 11.4 Å². The number of hydrogen-bond donors (Lipinski definition) is 1. The highest BCUT2D eigenvalue weighted by atomic mass is 16.4. The molecule has 2 heteroatoms. The van der Waals surface area contributed by atoms with Gasteiger partial charge in [-0.2, -0.15) is 0 Å². The molecule has 26 heavy (non-hydrogen) atoms. The van der Waals surface area contributed by atoms with Crippen molar-refractivity contribution in [2.24, 2.45) is 45.6 Å². The molecule has 0 radical (unpaired) electrons. The Labute approximate surface area is 159 Å². The Bertz CT molecular complexity index is 593. The third-order valence-corrected chi connectivity index (χ3v) is 9.38. The summed E-state index contributed by atoms with van der Waals surface area (Å²) in [6.07, 6.45) is 24.5. The standard InChI is InChI=1S/C24H37NO/c1-23-15-6-5-9-18(23)10-12-20-21-13-11-19(8-4-3-7-17-25-26)24(21,2)16-14-22(20)23/h3-4,7-8,17-22,26H,5-6,9-16H2,1-2H3/b7-3+,8-4+,25-17+/t18-,19-,20-,21-,22-,23-,24+/m0/s1. The summed E-state index contributed by atoms with van der Waals surface area (Å²) in [5, 5.41) is 11.5. The number of allylic oxidation sites excluding steroid dienone is 4. The van der Waals surface area contributed by atoms with Gasteiger partial charge in [0.2, 0.25) is 0 Å². The van der Waals surface area contributed by atoms with E-state index in [1.54, 1.807) is 6.08 Å². The van der Waals surface area contributed by atoms with Crippen LogP contribution in [0.4, 0.5) is 0 Å². The lowest BCUT2D eigenvalue weighted by molar-refractivity contribution is -0.107. The molecular weight excluding hydrogens is 318 g/mol. The number of fused-ring (bicyclic) bond motifs is 5. The molecule has 0 amide bonds. The zero-order valence-electron chi connectivity index (χ0n) is 16.7. The Morgan fingerprint density at radius 1 is 0.808 bits per heavy atom. The highest BCUT2D eigenvalue weighted by Gasteiger charge is 2.59. The van der Waals surface area contributed by atoms with Gasteiger partial charge >= 0.3 is 0 Å². The lowest BCUT2D eigenvalue weighted by Crippen LogP contribution is -2.52. The van der Waals surface area contributed by atoms with E-state index in [4.69, 9.17) is 5.21 Å². The first-order valence-corrected chi connectivity index (χ1v) is 11.1. The van der Waals surface area contributed by atoms with E-state index in [1.165, 1.54) is 70.4 Å². The van der Waals surface area contributed by atoms with Crippen LogP contribution in [-0.2, 0) is 0 Å². The summed E-state index contributed by atoms with van der Waals surface area (Å²) in [4.78, 5) is 0. The summed E-state index contributed by atoms with van der Waals surface area (Å²) in [6.45, 7) is 5.28. The minimum absolute atomic E-state index is 0.508. The van der Waals surface area contributed by atoms with Crippen LogP contribution in [0.2, 0.25) is 0 Å². The molecule has 0 saturated heterocycles. The molecule has 0 aliphatic heterocycles. The van der Waals surface area contributed by atoms with Crippen molar-refractivity contribution in [3.8, 4) is 0 Å². The molecule has 0 spiro atoms. The van der Waals surface area contributed by atoms with Crippen molar-refractivity contribution in [2.45, 2.75) is 78.1 Å². The first-order valence-electron chi connectivity index (χ1n) is 11.1. The van der Waals surface area contributed by atoms with E-state index in [9.17, 15) is 0 Å². The fourth-order valence-corrected chi connectivity index (χ4v) is 8.00. The molecule has 4 saturated carbocycles. The van der Waals surface area contributed by atoms with Gasteiger partial charge in [-0.25, -0.2) is 0 Å². The van der Waals surface area contributed by atoms with E-state index >= 15 is 0 Å². The van der Waals surface area contributed by atoms with Gasteiger partial charge in [0.1, 0.15) is 0 Å². The normalized spacial score (nSPS) is 48.8. The van der Waals surface area contributed by atoms with Crippen molar-refractivity contribution in [1.29, 1.82) is 0 Å². The molecule has 2 nitrogen and oxygen atoms in total. The summed E-state index contributed by atoms with van der Waals surface area (Å²) in [6, 6.07) is 0. The summed E-state index contributed by atoms with van der Waals surface area (Å²) < 4.78 is 0. The van der Waals surface area contributed by atoms with E-state index in [0.29, 0.717) is 10.8 Å². The summed E-state index contributed by atoms with van der Waals surface area (Å²) in [5.74, 6) is 4.68. The van der Waals surface area contributed by atoms with Gasteiger partial charge in [0.05, 0.1) is 6.21 Å². The van der Waals surface area contributed by atoms with E-state index < -0.39 is 0 Å². The molecular formula is C24H37NO. The van der Waals surface area contributed by atoms with E-state index in [1.807, 2.05) is 6.08 Å². The molecule has 0 unspecified atom stereocenters. The molecule has 4 rings (SSSR count). The van der Waals surface area contributed by atoms with Crippen LogP contribution in [0.1, 0.15) is 78.1 Å². The zero-order valence-corrected chi connectivity index (χ0v) is 16.7. The fourth-order valence-electron chi connectivity index (χ4n) is 8.00. The third kappa shape index (κ3) is 2.88. The monoisotopic (exact) mass is 355 g/mol. The van der Waals surface area contributed by atoms with E-state index in [2.05, 4.69) is 31.2 Å². The van der Waals surface area contributed by atoms with Crippen LogP contribution >= 0.6 is 0 Å². The second-order valence-corrected chi connectivity index (χ2v) is 10.2. The maximum Gasteiger partial charge on any atom is 0.0661 e. The Kier molecular flexibility index (Phi) is 5.05. The van der Waals surface area contributed by atoms with Crippen LogP contribution in [0.15, 0.2) is 29.5 Å². The van der Waals surface area contributed by atoms with Crippen LogP contribution < -0.4 is 0 Å². The summed E-state index contributed by atoms with van der Waals surface area (Å²) in [5.41, 5.74) is 1.16. The molecule has 0 aromatic heterocycles. The Balaban J connectivity index is 1.51. The van der Waals surface area contributed by atoms with Crippen LogP contribution in [0.5, 0.6) is 0 Å². The van der Waals surface area contributed by atoms with E-state index in [0.717, 1.165) is 29.6 Å². The predicted octanol–water partition coefficient (Wildman–Crippen LogP) is 6.61. The molecule has 4 fully saturated rings. The van der Waals surface area contributed by atoms with Crippen molar-refractivity contribution in [1.82, 2.24) is 0 Å². The highest BCUT2D eigenvalue weighted by molar-refractivity contribution is 5.70. The van der Waals surface area contributed by atoms with Gasteiger partial charge in [0, 0.05) is 0 Å². The van der Waals surface area contributed by atoms with Crippen LogP contribution in [0.25, 0.3) is 0 Å². The van der Waals surface area contributed by atoms with Gasteiger partial charge in [-0.05, 0) is 97.9 Å². The Morgan fingerprint density at radius 3 is 2.50 bits per heavy atom. The van der Waals surface area contributed by atoms with Crippen molar-refractivity contribution in [2.75, 3.05) is 0 Å². The quantitative estimate of drug-likeness (QED) is 0.263. The molecule has 0 heterocycles. The third-order valence-electron chi connectivity index (χ3n) is 9.38. The van der Waals surface area contributed by atoms with Gasteiger partial charge in [-0.15, -0.1) is 0 Å². The molecule has 0 aromatic rings. The highest BCUT2D eigenvalue weighted by Crippen LogP contribution is 2.67. The minimum atomic E-state index is 0.508. The van der Waals surface area contributed by atoms with Crippen molar-refractivity contribution < 1.29 is 5.21 Å². The van der Waals surface area contributed by atoms with Crippen LogP contribution in [0.3, 0.4) is 0 Å². The molecule has 0 aromatic carbocycles. The van der Waals surface area contributed by atoms with Crippen molar-refractivity contribution >= 4 is 6.21 Å². The summed E-state index contributed by atoms with van der Waals surface area (Å²) >= 11 is 0. The van der Waals surface area contributed by atoms with Gasteiger partial charge in [0.25, 0.3) is 0 Å². The lowest BCUT2D eigenvalue weighted by Gasteiger charge is -2.60. The first-order chi connectivity index (χ1) is 12.6. The Morgan fingerprint density at radius 2 is 1.65 bits per heavy atom. The number of nitrogens with zero attached hydrogens (tertiary/aromatic N) is 1. The molecule has 7 atom stereocenters. The largest absolute Gasteiger partial charge is 0.411 e. The molecule has 144 valence electrons. The molecule has 4 aliphatic rings. The second-order valence-electron chi connectivity index (χ2n) is 10.2. The van der Waals surface area contributed by atoms with Gasteiger partial charge in [0.15, 0.2) is 0 Å². The van der Waals surface area contributed by atoms with Crippen molar-refractivity contribution in [3.63, 3.8) is 0 Å². The molecule has 1 N–H and O–H groups in total. The SMILES string of the molecule is C[C@]12CCCC[C@H]1CC[C@@H]1[C@@H]2CC[C@]2(C)[C@@H](/C=C/C=C/C=N/O)CC[C@@H]12. The minimum Gasteiger partial charge on any atom is -0.411 e. The fraction of sp³-hybridized carbons (Fsp3) is 0.792. The smallest absolute Gasteiger partial charge is 0.0661 e. The lowest BCUT2D eigenvalue weighted by atomic mass is 9.45. The van der Waals surface area contributed by atoms with Gasteiger partial charge < -0.3 is 5.21 Å². The average Bonchev–Trinajstić information content (AvgIpc) is 2.97. The van der Waals surface area contributed by atoms with Crippen molar-refractivity contribution in [3.05, 3.63) is 24.3 Å². The zero-order chi connectivity index (χ0) is 18.2. The van der Waals surface area contributed by atoms with Gasteiger partial charge in [-0.1, -0.05) is 50.1 Å². The van der Waals surface area contributed by atoms with Crippen LogP contribution in [0, 0.1) is 40.4 Å². The number of rotatable bonds is 3. The topological polar surface area (TPSA) is 32.6 Å².